The van der Waals surface area contributed by atoms with Crippen LogP contribution in [-0.2, 0) is 17.7 Å². The molecule has 0 unspecified atom stereocenters. The summed E-state index contributed by atoms with van der Waals surface area (Å²) in [6.45, 7) is 7.79. The van der Waals surface area contributed by atoms with Crippen molar-refractivity contribution in [1.29, 1.82) is 0 Å². The van der Waals surface area contributed by atoms with Crippen LogP contribution in [0.4, 0.5) is 13.6 Å². The van der Waals surface area contributed by atoms with E-state index in [0.29, 0.717) is 17.4 Å². The van der Waals surface area contributed by atoms with E-state index in [9.17, 15) is 33.1 Å². The molecule has 0 aliphatic carbocycles. The molecule has 280 valence electrons. The van der Waals surface area contributed by atoms with Crippen molar-refractivity contribution in [3.8, 4) is 5.75 Å². The van der Waals surface area contributed by atoms with Crippen LogP contribution in [0.25, 0.3) is 0 Å². The Kier molecular flexibility index (Phi) is 13.4. The van der Waals surface area contributed by atoms with E-state index in [-0.39, 0.29) is 41.8 Å². The quantitative estimate of drug-likeness (QED) is 0.122. The van der Waals surface area contributed by atoms with Crippen molar-refractivity contribution < 1.29 is 42.5 Å². The number of ether oxygens (including phenoxy) is 2. The Hall–Kier alpha value is -5.62. The molecule has 0 saturated heterocycles. The van der Waals surface area contributed by atoms with E-state index in [1.165, 1.54) is 37.1 Å². The van der Waals surface area contributed by atoms with Crippen molar-refractivity contribution in [2.24, 2.45) is 0 Å². The van der Waals surface area contributed by atoms with E-state index in [2.05, 4.69) is 10.6 Å². The topological polar surface area (TPSA) is 134 Å². The molecule has 3 N–H and O–H groups in total. The van der Waals surface area contributed by atoms with Crippen LogP contribution in [0.2, 0.25) is 0 Å². The van der Waals surface area contributed by atoms with Crippen molar-refractivity contribution in [2.45, 2.75) is 71.4 Å². The number of halogens is 2. The van der Waals surface area contributed by atoms with Crippen molar-refractivity contribution in [1.82, 2.24) is 15.5 Å². The minimum atomic E-state index is -1.51. The molecule has 4 rings (SSSR count). The van der Waals surface area contributed by atoms with E-state index in [1.807, 2.05) is 30.3 Å². The van der Waals surface area contributed by atoms with Gasteiger partial charge in [-0.25, -0.2) is 13.6 Å². The van der Waals surface area contributed by atoms with E-state index in [1.54, 1.807) is 52.0 Å². The highest BCUT2D eigenvalue weighted by atomic mass is 19.1. The lowest BCUT2D eigenvalue weighted by Gasteiger charge is -2.32. The first-order chi connectivity index (χ1) is 25.0. The number of hydrogen-bond donors (Lipinski definition) is 3. The first-order valence-corrected chi connectivity index (χ1v) is 17.1. The van der Waals surface area contributed by atoms with Gasteiger partial charge in [-0.2, -0.15) is 0 Å². The molecule has 0 fully saturated rings. The number of hydrogen-bond acceptors (Lipinski definition) is 7. The number of carbonyl (C=O) groups excluding carboxylic acids is 4. The number of nitrogens with zero attached hydrogens (tertiary/aromatic N) is 1. The van der Waals surface area contributed by atoms with Crippen LogP contribution in [0.1, 0.15) is 88.4 Å². The van der Waals surface area contributed by atoms with Gasteiger partial charge in [0.05, 0.1) is 31.8 Å². The Morgan fingerprint density at radius 1 is 0.792 bits per heavy atom. The Labute approximate surface area is 308 Å². The van der Waals surface area contributed by atoms with Gasteiger partial charge in [0, 0.05) is 29.3 Å². The fourth-order valence-corrected chi connectivity index (χ4v) is 5.59. The van der Waals surface area contributed by atoms with Crippen LogP contribution in [0.3, 0.4) is 0 Å². The molecule has 0 radical (unpaired) electrons. The minimum absolute atomic E-state index is 0.0149. The van der Waals surface area contributed by atoms with Crippen LogP contribution >= 0.6 is 0 Å². The highest BCUT2D eigenvalue weighted by molar-refractivity contribution is 6.04. The van der Waals surface area contributed by atoms with Crippen molar-refractivity contribution in [3.05, 3.63) is 136 Å². The minimum Gasteiger partial charge on any atom is -0.497 e. The van der Waals surface area contributed by atoms with Gasteiger partial charge in [0.15, 0.2) is 5.78 Å². The number of aliphatic hydroxyl groups excluding tert-OH is 1. The molecule has 0 saturated carbocycles. The summed E-state index contributed by atoms with van der Waals surface area (Å²) >= 11 is 0. The number of benzene rings is 4. The Balaban J connectivity index is 1.66. The van der Waals surface area contributed by atoms with E-state index < -0.39 is 59.1 Å². The molecular formula is C41H45F2N3O7. The Morgan fingerprint density at radius 3 is 1.98 bits per heavy atom. The second kappa shape index (κ2) is 17.7. The number of Topliss-reactive ketones (excluding diaryl/α,β-unsaturated/α-hetero) is 1. The summed E-state index contributed by atoms with van der Waals surface area (Å²) in [7, 11) is 1.50. The molecule has 4 aromatic rings. The lowest BCUT2D eigenvalue weighted by atomic mass is 9.98. The maximum absolute atomic E-state index is 14.3. The van der Waals surface area contributed by atoms with Gasteiger partial charge in [0.25, 0.3) is 11.8 Å². The summed E-state index contributed by atoms with van der Waals surface area (Å²) in [4.78, 5) is 54.5. The largest absolute Gasteiger partial charge is 0.497 e. The fraction of sp³-hybridized carbons (Fsp3) is 0.317. The summed E-state index contributed by atoms with van der Waals surface area (Å²) in [6.07, 6.45) is -2.51. The zero-order valence-corrected chi connectivity index (χ0v) is 30.6. The first kappa shape index (κ1) is 40.2. The molecular weight excluding hydrogens is 684 g/mol. The summed E-state index contributed by atoms with van der Waals surface area (Å²) in [5, 5.41) is 17.3. The van der Waals surface area contributed by atoms with E-state index >= 15 is 0 Å². The van der Waals surface area contributed by atoms with Crippen LogP contribution in [0, 0.1) is 11.6 Å². The van der Waals surface area contributed by atoms with Crippen molar-refractivity contribution in [3.63, 3.8) is 0 Å². The third-order valence-electron chi connectivity index (χ3n) is 8.24. The molecule has 0 heterocycles. The molecule has 0 aliphatic rings. The molecule has 4 aromatic carbocycles. The third-order valence-corrected chi connectivity index (χ3v) is 8.24. The summed E-state index contributed by atoms with van der Waals surface area (Å²) < 4.78 is 39.5. The highest BCUT2D eigenvalue weighted by Gasteiger charge is 2.30. The van der Waals surface area contributed by atoms with Gasteiger partial charge in [-0.3, -0.25) is 14.4 Å². The van der Waals surface area contributed by atoms with Gasteiger partial charge in [-0.1, -0.05) is 42.5 Å². The average Bonchev–Trinajstić information content (AvgIpc) is 3.10. The van der Waals surface area contributed by atoms with Gasteiger partial charge >= 0.3 is 6.09 Å². The number of rotatable bonds is 14. The number of amides is 3. The van der Waals surface area contributed by atoms with Gasteiger partial charge in [-0.05, 0) is 100 Å². The number of ketones is 1. The lowest BCUT2D eigenvalue weighted by molar-refractivity contribution is 0.00836. The predicted molar refractivity (Wildman–Crippen MR) is 196 cm³/mol. The van der Waals surface area contributed by atoms with Gasteiger partial charge in [-0.15, -0.1) is 0 Å². The summed E-state index contributed by atoms with van der Waals surface area (Å²) in [6, 6.07) is 21.4. The molecule has 53 heavy (non-hydrogen) atoms. The Bertz CT molecular complexity index is 1910. The molecule has 0 aliphatic heterocycles. The smallest absolute Gasteiger partial charge is 0.410 e. The zero-order valence-electron chi connectivity index (χ0n) is 30.6. The zero-order chi connectivity index (χ0) is 38.9. The fourth-order valence-electron chi connectivity index (χ4n) is 5.59. The van der Waals surface area contributed by atoms with Gasteiger partial charge in [0.2, 0.25) is 0 Å². The molecule has 10 nitrogen and oxygen atoms in total. The summed E-state index contributed by atoms with van der Waals surface area (Å²) in [5.74, 6) is -2.89. The number of aliphatic hydroxyl groups is 1. The Morgan fingerprint density at radius 2 is 1.40 bits per heavy atom. The average molecular weight is 730 g/mol. The van der Waals surface area contributed by atoms with Crippen LogP contribution in [0.15, 0.2) is 91.0 Å². The van der Waals surface area contributed by atoms with Crippen molar-refractivity contribution >= 4 is 23.7 Å². The number of nitrogens with one attached hydrogen (secondary N) is 2. The van der Waals surface area contributed by atoms with Crippen LogP contribution in [-0.4, -0.2) is 65.1 Å². The molecule has 0 aromatic heterocycles. The maximum Gasteiger partial charge on any atom is 0.410 e. The number of carbonyl (C=O) groups is 4. The maximum atomic E-state index is 14.3. The molecule has 3 amide bonds. The van der Waals surface area contributed by atoms with Crippen LogP contribution in [0.5, 0.6) is 5.75 Å². The van der Waals surface area contributed by atoms with Crippen molar-refractivity contribution in [2.75, 3.05) is 13.7 Å². The highest BCUT2D eigenvalue weighted by Crippen LogP contribution is 2.21. The second-order valence-electron chi connectivity index (χ2n) is 13.8. The summed E-state index contributed by atoms with van der Waals surface area (Å²) in [5.41, 5.74) is 0.807. The van der Waals surface area contributed by atoms with Gasteiger partial charge < -0.3 is 30.1 Å². The molecule has 0 spiro atoms. The number of methoxy groups -OCH3 is 1. The van der Waals surface area contributed by atoms with Crippen LogP contribution < -0.4 is 15.4 Å². The van der Waals surface area contributed by atoms with Gasteiger partial charge in [0.1, 0.15) is 23.0 Å². The third kappa shape index (κ3) is 12.0. The monoisotopic (exact) mass is 729 g/mol. The first-order valence-electron chi connectivity index (χ1n) is 17.1. The van der Waals surface area contributed by atoms with E-state index in [4.69, 9.17) is 9.47 Å². The normalized spacial score (nSPS) is 12.9. The SMILES string of the molecule is COc1cccc(CN(C[C@@H](O)[C@H](Cc2cc(F)cc(F)c2)NC(=O)c2cc(C(C)=O)cc(C(=O)N[C@H](C)c3ccccc3)c2)C(=O)OC(C)(C)C)c1. The van der Waals surface area contributed by atoms with E-state index in [0.717, 1.165) is 17.7 Å². The predicted octanol–water partition coefficient (Wildman–Crippen LogP) is 6.81. The molecule has 3 atom stereocenters. The standard InChI is InChI=1S/C41H45F2N3O7/c1-25(29-12-8-7-9-13-29)44-38(49)31-19-30(26(2)47)20-32(21-31)39(50)45-36(18-28-15-33(42)22-34(43)16-28)37(48)24-46(40(51)53-41(3,4)5)23-27-11-10-14-35(17-27)52-6/h7-17,19-22,25,36-37,48H,18,23-24H2,1-6H3,(H,44,49)(H,45,50)/t25-,36+,37-/m1/s1. The lowest BCUT2D eigenvalue weighted by Crippen LogP contribution is -2.51. The second-order valence-corrected chi connectivity index (χ2v) is 13.8. The molecule has 0 bridgehead atoms. The molecule has 12 heteroatoms.